The Bertz CT molecular complexity index is 939. The Morgan fingerprint density at radius 3 is 2.45 bits per heavy atom. The monoisotopic (exact) mass is 428 g/mol. The molecule has 29 heavy (non-hydrogen) atoms. The highest BCUT2D eigenvalue weighted by Crippen LogP contribution is 2.36. The summed E-state index contributed by atoms with van der Waals surface area (Å²) in [5.41, 5.74) is 3.13. The van der Waals surface area contributed by atoms with E-state index in [0.29, 0.717) is 24.0 Å². The van der Waals surface area contributed by atoms with Gasteiger partial charge in [-0.05, 0) is 30.0 Å². The molecule has 0 aliphatic carbocycles. The van der Waals surface area contributed by atoms with Crippen LogP contribution in [0.3, 0.4) is 0 Å². The van der Waals surface area contributed by atoms with Crippen molar-refractivity contribution in [3.63, 3.8) is 0 Å². The molecule has 0 fully saturated rings. The zero-order valence-electron chi connectivity index (χ0n) is 16.6. The Hall–Kier alpha value is -2.37. The van der Waals surface area contributed by atoms with Gasteiger partial charge in [-0.15, -0.1) is 11.3 Å². The van der Waals surface area contributed by atoms with Crippen molar-refractivity contribution >= 4 is 34.0 Å². The van der Waals surface area contributed by atoms with Crippen LogP contribution in [-0.2, 0) is 17.8 Å². The molecule has 0 saturated heterocycles. The van der Waals surface area contributed by atoms with Crippen LogP contribution >= 0.6 is 22.9 Å². The maximum absolute atomic E-state index is 11.2. The van der Waals surface area contributed by atoms with E-state index >= 15 is 0 Å². The molecule has 1 N–H and O–H groups in total. The van der Waals surface area contributed by atoms with E-state index in [-0.39, 0.29) is 6.42 Å². The lowest BCUT2D eigenvalue weighted by Gasteiger charge is -2.21. The molecule has 0 unspecified atom stereocenters. The summed E-state index contributed by atoms with van der Waals surface area (Å²) in [4.78, 5) is 19.4. The Kier molecular flexibility index (Phi) is 7.29. The summed E-state index contributed by atoms with van der Waals surface area (Å²) in [6, 6.07) is 17.8. The van der Waals surface area contributed by atoms with Crippen molar-refractivity contribution in [2.24, 2.45) is 5.92 Å². The van der Waals surface area contributed by atoms with Crippen LogP contribution in [0.1, 0.15) is 30.7 Å². The normalized spacial score (nSPS) is 11.0. The largest absolute Gasteiger partial charge is 0.481 e. The first kappa shape index (κ1) is 21.3. The molecule has 0 spiro atoms. The van der Waals surface area contributed by atoms with Crippen LogP contribution in [0.2, 0.25) is 5.02 Å². The number of aliphatic carboxylic acids is 1. The first-order valence-corrected chi connectivity index (χ1v) is 10.9. The summed E-state index contributed by atoms with van der Waals surface area (Å²) in [6.45, 7) is 5.43. The lowest BCUT2D eigenvalue weighted by Crippen LogP contribution is -2.25. The minimum atomic E-state index is -0.806. The number of benzene rings is 2. The van der Waals surface area contributed by atoms with Gasteiger partial charge in [-0.2, -0.15) is 0 Å². The molecule has 0 saturated carbocycles. The molecular weight excluding hydrogens is 404 g/mol. The summed E-state index contributed by atoms with van der Waals surface area (Å²) >= 11 is 7.71. The van der Waals surface area contributed by atoms with E-state index in [0.717, 1.165) is 28.4 Å². The zero-order chi connectivity index (χ0) is 20.8. The quantitative estimate of drug-likeness (QED) is 0.444. The lowest BCUT2D eigenvalue weighted by molar-refractivity contribution is -0.136. The lowest BCUT2D eigenvalue weighted by atomic mass is 10.1. The van der Waals surface area contributed by atoms with Crippen LogP contribution in [0.5, 0.6) is 0 Å². The SMILES string of the molecule is CC(C)Cc1sc(N(CCC(=O)O)Cc2ccccc2)nc1-c1ccc(Cl)cc1. The average Bonchev–Trinajstić information content (AvgIpc) is 3.09. The third-order valence-corrected chi connectivity index (χ3v) is 5.87. The van der Waals surface area contributed by atoms with Crippen LogP contribution < -0.4 is 4.90 Å². The van der Waals surface area contributed by atoms with Gasteiger partial charge in [0.15, 0.2) is 5.13 Å². The molecule has 0 atom stereocenters. The number of hydrogen-bond donors (Lipinski definition) is 1. The highest BCUT2D eigenvalue weighted by molar-refractivity contribution is 7.16. The van der Waals surface area contributed by atoms with Gasteiger partial charge < -0.3 is 10.0 Å². The van der Waals surface area contributed by atoms with Gasteiger partial charge in [0.1, 0.15) is 0 Å². The molecule has 0 aliphatic rings. The van der Waals surface area contributed by atoms with E-state index in [1.54, 1.807) is 11.3 Å². The second-order valence-electron chi connectivity index (χ2n) is 7.42. The maximum atomic E-state index is 11.2. The molecule has 3 rings (SSSR count). The van der Waals surface area contributed by atoms with Crippen molar-refractivity contribution in [1.29, 1.82) is 0 Å². The number of anilines is 1. The average molecular weight is 429 g/mol. The summed E-state index contributed by atoms with van der Waals surface area (Å²) in [5.74, 6) is -0.309. The second-order valence-corrected chi connectivity index (χ2v) is 8.92. The number of rotatable bonds is 9. The number of nitrogens with zero attached hydrogens (tertiary/aromatic N) is 2. The fourth-order valence-corrected chi connectivity index (χ4v) is 4.54. The Morgan fingerprint density at radius 2 is 1.83 bits per heavy atom. The molecule has 0 aliphatic heterocycles. The van der Waals surface area contributed by atoms with Gasteiger partial charge in [0.05, 0.1) is 12.1 Å². The third kappa shape index (κ3) is 6.05. The van der Waals surface area contributed by atoms with E-state index in [2.05, 4.69) is 30.9 Å². The van der Waals surface area contributed by atoms with Crippen molar-refractivity contribution in [2.45, 2.75) is 33.2 Å². The zero-order valence-corrected chi connectivity index (χ0v) is 18.2. The molecule has 1 aromatic heterocycles. The fraction of sp³-hybridized carbons (Fsp3) is 0.304. The van der Waals surface area contributed by atoms with Crippen molar-refractivity contribution < 1.29 is 9.90 Å². The molecule has 3 aromatic rings. The maximum Gasteiger partial charge on any atom is 0.305 e. The molecule has 4 nitrogen and oxygen atoms in total. The van der Waals surface area contributed by atoms with E-state index in [1.807, 2.05) is 42.5 Å². The van der Waals surface area contributed by atoms with Crippen molar-refractivity contribution in [2.75, 3.05) is 11.4 Å². The Labute approximate surface area is 180 Å². The molecule has 2 aromatic carbocycles. The van der Waals surface area contributed by atoms with E-state index < -0.39 is 5.97 Å². The number of carbonyl (C=O) groups is 1. The topological polar surface area (TPSA) is 53.4 Å². The first-order valence-electron chi connectivity index (χ1n) is 9.68. The van der Waals surface area contributed by atoms with Gasteiger partial charge in [0.25, 0.3) is 0 Å². The van der Waals surface area contributed by atoms with Crippen molar-refractivity contribution in [3.05, 3.63) is 70.1 Å². The number of carboxylic acid groups (broad SMARTS) is 1. The van der Waals surface area contributed by atoms with E-state index in [1.165, 1.54) is 4.88 Å². The number of halogens is 1. The van der Waals surface area contributed by atoms with Crippen molar-refractivity contribution in [3.8, 4) is 11.3 Å². The van der Waals surface area contributed by atoms with Crippen LogP contribution in [0.4, 0.5) is 5.13 Å². The predicted molar refractivity (Wildman–Crippen MR) is 121 cm³/mol. The van der Waals surface area contributed by atoms with Gasteiger partial charge in [0.2, 0.25) is 0 Å². The van der Waals surface area contributed by atoms with Gasteiger partial charge >= 0.3 is 5.97 Å². The number of carboxylic acids is 1. The molecule has 1 heterocycles. The Balaban J connectivity index is 1.97. The number of aromatic nitrogens is 1. The van der Waals surface area contributed by atoms with Crippen LogP contribution in [0.15, 0.2) is 54.6 Å². The van der Waals surface area contributed by atoms with Crippen LogP contribution in [-0.4, -0.2) is 22.6 Å². The van der Waals surface area contributed by atoms with E-state index in [4.69, 9.17) is 16.6 Å². The molecule has 0 bridgehead atoms. The van der Waals surface area contributed by atoms with Gasteiger partial charge in [-0.3, -0.25) is 4.79 Å². The molecule has 152 valence electrons. The van der Waals surface area contributed by atoms with Crippen LogP contribution in [0, 0.1) is 5.92 Å². The molecule has 0 radical (unpaired) electrons. The second kappa shape index (κ2) is 9.90. The standard InChI is InChI=1S/C23H25ClN2O2S/c1-16(2)14-20-22(18-8-10-19(24)11-9-18)25-23(29-20)26(13-12-21(27)28)15-17-6-4-3-5-7-17/h3-11,16H,12-15H2,1-2H3,(H,27,28). The molecule has 6 heteroatoms. The van der Waals surface area contributed by atoms with Gasteiger partial charge in [-0.1, -0.05) is 67.9 Å². The smallest absolute Gasteiger partial charge is 0.305 e. The minimum Gasteiger partial charge on any atom is -0.481 e. The fourth-order valence-electron chi connectivity index (χ4n) is 3.09. The summed E-state index contributed by atoms with van der Waals surface area (Å²) < 4.78 is 0. The molecule has 0 amide bonds. The highest BCUT2D eigenvalue weighted by atomic mass is 35.5. The van der Waals surface area contributed by atoms with Crippen LogP contribution in [0.25, 0.3) is 11.3 Å². The summed E-state index contributed by atoms with van der Waals surface area (Å²) in [7, 11) is 0. The van der Waals surface area contributed by atoms with E-state index in [9.17, 15) is 9.90 Å². The van der Waals surface area contributed by atoms with Gasteiger partial charge in [-0.25, -0.2) is 4.98 Å². The summed E-state index contributed by atoms with van der Waals surface area (Å²) in [5, 5.41) is 10.8. The minimum absolute atomic E-state index is 0.0716. The first-order chi connectivity index (χ1) is 13.9. The summed E-state index contributed by atoms with van der Waals surface area (Å²) in [6.07, 6.45) is 0.996. The third-order valence-electron chi connectivity index (χ3n) is 4.48. The number of hydrogen-bond acceptors (Lipinski definition) is 4. The predicted octanol–water partition coefficient (Wildman–Crippen LogP) is 6.14. The Morgan fingerprint density at radius 1 is 1.14 bits per heavy atom. The van der Waals surface area contributed by atoms with Crippen molar-refractivity contribution in [1.82, 2.24) is 4.98 Å². The number of thiazole rings is 1. The highest BCUT2D eigenvalue weighted by Gasteiger charge is 2.19. The van der Waals surface area contributed by atoms with Gasteiger partial charge in [0, 0.05) is 28.6 Å². The molecular formula is C23H25ClN2O2S.